The summed E-state index contributed by atoms with van der Waals surface area (Å²) in [4.78, 5) is 9.36. The Morgan fingerprint density at radius 2 is 1.96 bits per heavy atom. The van der Waals surface area contributed by atoms with Crippen LogP contribution in [0.1, 0.15) is 11.1 Å². The largest absolute Gasteiger partial charge is 0.416 e. The highest BCUT2D eigenvalue weighted by atomic mass is 32.2. The zero-order valence-corrected chi connectivity index (χ0v) is 12.4. The van der Waals surface area contributed by atoms with Gasteiger partial charge in [0.2, 0.25) is 9.84 Å². The van der Waals surface area contributed by atoms with Gasteiger partial charge in [-0.15, -0.1) is 0 Å². The molecule has 120 valence electrons. The molecule has 2 N–H and O–H groups in total. The Morgan fingerprint density at radius 3 is 2.65 bits per heavy atom. The van der Waals surface area contributed by atoms with E-state index in [9.17, 15) is 21.6 Å². The van der Waals surface area contributed by atoms with E-state index in [-0.39, 0.29) is 10.7 Å². The fourth-order valence-electron chi connectivity index (χ4n) is 2.14. The van der Waals surface area contributed by atoms with E-state index in [0.717, 1.165) is 12.1 Å². The van der Waals surface area contributed by atoms with Crippen LogP contribution in [0.4, 0.5) is 13.2 Å². The van der Waals surface area contributed by atoms with Crippen LogP contribution < -0.4 is 4.98 Å². The molecule has 0 aliphatic rings. The van der Waals surface area contributed by atoms with Crippen molar-refractivity contribution in [2.75, 3.05) is 0 Å². The maximum atomic E-state index is 12.7. The van der Waals surface area contributed by atoms with Gasteiger partial charge in [0.15, 0.2) is 0 Å². The summed E-state index contributed by atoms with van der Waals surface area (Å²) in [6.07, 6.45) is -2.93. The number of fused-ring (bicyclic) bond motifs is 1. The van der Waals surface area contributed by atoms with E-state index in [0.29, 0.717) is 11.2 Å². The van der Waals surface area contributed by atoms with E-state index in [4.69, 9.17) is 0 Å². The predicted molar refractivity (Wildman–Crippen MR) is 75.0 cm³/mol. The van der Waals surface area contributed by atoms with Gasteiger partial charge in [0.25, 0.3) is 0 Å². The molecule has 0 amide bonds. The third-order valence-corrected chi connectivity index (χ3v) is 4.69. The van der Waals surface area contributed by atoms with Gasteiger partial charge >= 0.3 is 17.0 Å². The van der Waals surface area contributed by atoms with Gasteiger partial charge in [0, 0.05) is 0 Å². The number of H-pyrrole nitrogens is 2. The van der Waals surface area contributed by atoms with E-state index in [1.807, 2.05) is 0 Å². The van der Waals surface area contributed by atoms with Crippen LogP contribution in [0.25, 0.3) is 11.2 Å². The lowest BCUT2D eigenvalue weighted by Gasteiger charge is -2.08. The number of aromatic nitrogens is 3. The molecule has 1 aromatic carbocycles. The van der Waals surface area contributed by atoms with Crippen LogP contribution in [-0.4, -0.2) is 18.4 Å². The number of nitrogens with one attached hydrogen (secondary N) is 2. The first-order valence-corrected chi connectivity index (χ1v) is 8.16. The van der Waals surface area contributed by atoms with E-state index >= 15 is 0 Å². The highest BCUT2D eigenvalue weighted by Gasteiger charge is 2.31. The summed E-state index contributed by atoms with van der Waals surface area (Å²) >= 11 is 0. The van der Waals surface area contributed by atoms with Crippen molar-refractivity contribution in [3.05, 3.63) is 53.7 Å². The molecule has 0 aliphatic carbocycles. The smallest absolute Gasteiger partial charge is 0.302 e. The predicted octanol–water partition coefficient (Wildman–Crippen LogP) is 2.37. The Bertz CT molecular complexity index is 932. The molecule has 0 fully saturated rings. The molecule has 0 radical (unpaired) electrons. The van der Waals surface area contributed by atoms with Crippen molar-refractivity contribution in [3.63, 3.8) is 0 Å². The quantitative estimate of drug-likeness (QED) is 0.794. The fourth-order valence-corrected chi connectivity index (χ4v) is 3.39. The minimum absolute atomic E-state index is 0.0456. The van der Waals surface area contributed by atoms with Crippen molar-refractivity contribution in [1.29, 1.82) is 0 Å². The number of sulfone groups is 1. The van der Waals surface area contributed by atoms with E-state index in [2.05, 4.69) is 15.0 Å². The molecule has 23 heavy (non-hydrogen) atoms. The number of pyridine rings is 1. The zero-order chi connectivity index (χ0) is 16.7. The Morgan fingerprint density at radius 1 is 1.17 bits per heavy atom. The lowest BCUT2D eigenvalue weighted by molar-refractivity contribution is -0.347. The van der Waals surface area contributed by atoms with Crippen molar-refractivity contribution in [2.45, 2.75) is 17.1 Å². The van der Waals surface area contributed by atoms with Gasteiger partial charge in [-0.05, 0) is 28.7 Å². The zero-order valence-electron chi connectivity index (χ0n) is 11.6. The maximum absolute atomic E-state index is 12.7. The number of hydrogen-bond donors (Lipinski definition) is 1. The summed E-state index contributed by atoms with van der Waals surface area (Å²) in [5.74, 6) is -0.573. The normalized spacial score (nSPS) is 12.7. The molecule has 5 nitrogen and oxygen atoms in total. The number of halogens is 3. The third kappa shape index (κ3) is 3.19. The highest BCUT2D eigenvalue weighted by molar-refractivity contribution is 7.90. The standard InChI is InChI=1S/C14H10F3N3O2S/c15-14(16,17)10-4-1-3-9(7-10)8-23(21,22)13-19-11-5-2-6-18-12(11)20-13/h1-7H,8H2,(H,18,19,20)/p+1. The molecule has 0 saturated carbocycles. The number of imidazole rings is 1. The lowest BCUT2D eigenvalue weighted by atomic mass is 10.1. The van der Waals surface area contributed by atoms with Crippen LogP contribution in [-0.2, 0) is 21.8 Å². The highest BCUT2D eigenvalue weighted by Crippen LogP contribution is 2.30. The van der Waals surface area contributed by atoms with Crippen molar-refractivity contribution in [3.8, 4) is 0 Å². The SMILES string of the molecule is O=S(=O)(Cc1cccc(C(F)(F)F)c1)c1nc2[nH+]cccc2[nH]1. The Hall–Kier alpha value is -2.42. The van der Waals surface area contributed by atoms with Crippen molar-refractivity contribution < 1.29 is 26.6 Å². The average Bonchev–Trinajstić information content (AvgIpc) is 2.91. The van der Waals surface area contributed by atoms with Gasteiger partial charge in [0.05, 0.1) is 17.5 Å². The van der Waals surface area contributed by atoms with Gasteiger partial charge in [-0.2, -0.15) is 13.2 Å². The van der Waals surface area contributed by atoms with Crippen LogP contribution in [0.2, 0.25) is 0 Å². The first-order valence-electron chi connectivity index (χ1n) is 6.51. The summed E-state index contributed by atoms with van der Waals surface area (Å²) < 4.78 is 62.8. The van der Waals surface area contributed by atoms with Gasteiger partial charge in [0.1, 0.15) is 5.52 Å². The molecular formula is C14H11F3N3O2S+. The van der Waals surface area contributed by atoms with Crippen LogP contribution in [0.5, 0.6) is 0 Å². The second-order valence-electron chi connectivity index (χ2n) is 4.93. The molecular weight excluding hydrogens is 331 g/mol. The number of hydrogen-bond acceptors (Lipinski definition) is 3. The number of benzene rings is 1. The van der Waals surface area contributed by atoms with E-state index in [1.165, 1.54) is 12.1 Å². The molecule has 9 heteroatoms. The summed E-state index contributed by atoms with van der Waals surface area (Å²) in [6.45, 7) is 0. The topological polar surface area (TPSA) is 77.0 Å². The fraction of sp³-hybridized carbons (Fsp3) is 0.143. The number of rotatable bonds is 3. The first-order chi connectivity index (χ1) is 10.8. The Labute approximate surface area is 129 Å². The van der Waals surface area contributed by atoms with Crippen LogP contribution in [0.3, 0.4) is 0 Å². The maximum Gasteiger partial charge on any atom is 0.416 e. The summed E-state index contributed by atoms with van der Waals surface area (Å²) in [7, 11) is -3.89. The lowest BCUT2D eigenvalue weighted by Crippen LogP contribution is -2.10. The molecule has 0 aliphatic heterocycles. The van der Waals surface area contributed by atoms with E-state index < -0.39 is 27.3 Å². The minimum atomic E-state index is -4.52. The van der Waals surface area contributed by atoms with Gasteiger partial charge in [-0.3, -0.25) is 0 Å². The number of nitrogens with zero attached hydrogens (tertiary/aromatic N) is 1. The minimum Gasteiger partial charge on any atom is -0.302 e. The molecule has 2 heterocycles. The number of alkyl halides is 3. The second-order valence-corrected chi connectivity index (χ2v) is 6.84. The Kier molecular flexibility index (Phi) is 3.59. The first kappa shape index (κ1) is 15.5. The monoisotopic (exact) mass is 342 g/mol. The summed E-state index contributed by atoms with van der Waals surface area (Å²) in [6, 6.07) is 7.55. The van der Waals surface area contributed by atoms with Gasteiger partial charge < -0.3 is 4.98 Å². The Balaban J connectivity index is 1.95. The second kappa shape index (κ2) is 5.34. The molecule has 0 saturated heterocycles. The van der Waals surface area contributed by atoms with Crippen molar-refractivity contribution >= 4 is 21.0 Å². The third-order valence-electron chi connectivity index (χ3n) is 3.19. The van der Waals surface area contributed by atoms with E-state index in [1.54, 1.807) is 18.3 Å². The van der Waals surface area contributed by atoms with Crippen LogP contribution in [0.15, 0.2) is 47.8 Å². The van der Waals surface area contributed by atoms with Crippen molar-refractivity contribution in [1.82, 2.24) is 9.97 Å². The molecule has 2 aromatic heterocycles. The van der Waals surface area contributed by atoms with Crippen molar-refractivity contribution in [2.24, 2.45) is 0 Å². The van der Waals surface area contributed by atoms with Crippen LogP contribution >= 0.6 is 0 Å². The summed E-state index contributed by atoms with van der Waals surface area (Å²) in [5.41, 5.74) is 0.0117. The molecule has 0 atom stereocenters. The molecule has 0 unspecified atom stereocenters. The van der Waals surface area contributed by atoms with Gasteiger partial charge in [-0.1, -0.05) is 18.2 Å². The summed E-state index contributed by atoms with van der Waals surface area (Å²) in [5, 5.41) is -0.285. The molecule has 0 bridgehead atoms. The average molecular weight is 342 g/mol. The molecule has 0 spiro atoms. The van der Waals surface area contributed by atoms with Crippen LogP contribution in [0, 0.1) is 0 Å². The molecule has 3 aromatic rings. The molecule has 3 rings (SSSR count). The van der Waals surface area contributed by atoms with Gasteiger partial charge in [-0.25, -0.2) is 13.4 Å². The number of aromatic amines is 2.